The van der Waals surface area contributed by atoms with Gasteiger partial charge >= 0.3 is 0 Å². The maximum Gasteiger partial charge on any atom is 0.272 e. The molecule has 7 heteroatoms. The molecule has 1 saturated heterocycles. The lowest BCUT2D eigenvalue weighted by atomic mass is 10.1. The van der Waals surface area contributed by atoms with Crippen LogP contribution in [0.15, 0.2) is 36.5 Å². The number of carbonyl (C=O) groups is 2. The van der Waals surface area contributed by atoms with E-state index in [4.69, 9.17) is 0 Å². The van der Waals surface area contributed by atoms with Crippen LogP contribution in [0.3, 0.4) is 0 Å². The fourth-order valence-electron chi connectivity index (χ4n) is 3.16. The van der Waals surface area contributed by atoms with Crippen LogP contribution in [0.4, 0.5) is 5.69 Å². The number of rotatable bonds is 5. The number of amides is 2. The summed E-state index contributed by atoms with van der Waals surface area (Å²) >= 11 is 0. The van der Waals surface area contributed by atoms with E-state index in [1.807, 2.05) is 42.1 Å². The molecule has 1 aliphatic heterocycles. The second-order valence-corrected chi connectivity index (χ2v) is 6.68. The van der Waals surface area contributed by atoms with E-state index in [1.165, 1.54) is 6.92 Å². The minimum absolute atomic E-state index is 0.124. The predicted octanol–water partition coefficient (Wildman–Crippen LogP) is 2.26. The summed E-state index contributed by atoms with van der Waals surface area (Å²) < 4.78 is 1.88. The molecule has 2 amide bonds. The van der Waals surface area contributed by atoms with E-state index in [-0.39, 0.29) is 17.9 Å². The van der Waals surface area contributed by atoms with Crippen molar-refractivity contribution in [1.82, 2.24) is 20.4 Å². The summed E-state index contributed by atoms with van der Waals surface area (Å²) in [5.74, 6) is -0.327. The fourth-order valence-corrected chi connectivity index (χ4v) is 3.16. The van der Waals surface area contributed by atoms with Crippen LogP contribution in [0.5, 0.6) is 0 Å². The molecule has 1 fully saturated rings. The minimum atomic E-state index is -0.204. The van der Waals surface area contributed by atoms with E-state index in [0.717, 1.165) is 31.5 Å². The molecular formula is C19H25N5O2. The Morgan fingerprint density at radius 1 is 1.35 bits per heavy atom. The van der Waals surface area contributed by atoms with Gasteiger partial charge in [0, 0.05) is 25.4 Å². The Kier molecular flexibility index (Phi) is 5.68. The number of aromatic nitrogens is 2. The molecule has 0 spiro atoms. The highest BCUT2D eigenvalue weighted by Gasteiger charge is 2.19. The third-order valence-corrected chi connectivity index (χ3v) is 4.54. The Hall–Kier alpha value is -2.67. The molecule has 2 unspecified atom stereocenters. The summed E-state index contributed by atoms with van der Waals surface area (Å²) in [6.07, 6.45) is 4.06. The molecule has 0 saturated carbocycles. The van der Waals surface area contributed by atoms with Crippen molar-refractivity contribution in [3.63, 3.8) is 0 Å². The molecule has 2 heterocycles. The molecule has 0 bridgehead atoms. The summed E-state index contributed by atoms with van der Waals surface area (Å²) in [4.78, 5) is 23.7. The average molecular weight is 355 g/mol. The molecule has 0 radical (unpaired) electrons. The summed E-state index contributed by atoms with van der Waals surface area (Å²) in [6, 6.07) is 9.31. The predicted molar refractivity (Wildman–Crippen MR) is 100.0 cm³/mol. The van der Waals surface area contributed by atoms with E-state index in [0.29, 0.717) is 17.4 Å². The summed E-state index contributed by atoms with van der Waals surface area (Å²) in [5, 5.41) is 13.5. The highest BCUT2D eigenvalue weighted by Crippen LogP contribution is 2.19. The number of anilines is 1. The molecule has 1 aliphatic rings. The summed E-state index contributed by atoms with van der Waals surface area (Å²) in [6.45, 7) is 5.30. The monoisotopic (exact) mass is 355 g/mol. The number of carbonyl (C=O) groups excluding carboxylic acids is 2. The van der Waals surface area contributed by atoms with Gasteiger partial charge in [-0.25, -0.2) is 0 Å². The average Bonchev–Trinajstić information content (AvgIpc) is 3.12. The largest absolute Gasteiger partial charge is 0.344 e. The summed E-state index contributed by atoms with van der Waals surface area (Å²) in [5.41, 5.74) is 2.05. The first kappa shape index (κ1) is 18.1. The zero-order chi connectivity index (χ0) is 18.5. The molecular weight excluding hydrogens is 330 g/mol. The normalized spacial score (nSPS) is 18.2. The van der Waals surface area contributed by atoms with Crippen LogP contribution in [0.2, 0.25) is 0 Å². The van der Waals surface area contributed by atoms with Crippen molar-refractivity contribution in [2.45, 2.75) is 38.8 Å². The lowest BCUT2D eigenvalue weighted by molar-refractivity contribution is -0.114. The van der Waals surface area contributed by atoms with E-state index in [1.54, 1.807) is 6.07 Å². The standard InChI is InChI=1S/C19H25N5O2/c1-13(15-5-3-6-16(11-15)22-14(2)25)21-19(26)18-8-10-24(23-18)17-7-4-9-20-12-17/h3,5-6,8,10-11,13,17,20H,4,7,9,12H2,1-2H3,(H,21,26)(H,22,25). The van der Waals surface area contributed by atoms with E-state index < -0.39 is 0 Å². The first-order valence-electron chi connectivity index (χ1n) is 8.97. The Morgan fingerprint density at radius 3 is 2.92 bits per heavy atom. The van der Waals surface area contributed by atoms with Crippen LogP contribution in [-0.2, 0) is 4.79 Å². The Bertz CT molecular complexity index is 780. The molecule has 138 valence electrons. The smallest absolute Gasteiger partial charge is 0.272 e. The van der Waals surface area contributed by atoms with Crippen LogP contribution in [0, 0.1) is 0 Å². The molecule has 1 aromatic heterocycles. The van der Waals surface area contributed by atoms with Crippen LogP contribution in [0.25, 0.3) is 0 Å². The molecule has 7 nitrogen and oxygen atoms in total. The van der Waals surface area contributed by atoms with Crippen molar-refractivity contribution in [3.8, 4) is 0 Å². The summed E-state index contributed by atoms with van der Waals surface area (Å²) in [7, 11) is 0. The molecule has 0 aliphatic carbocycles. The van der Waals surface area contributed by atoms with Crippen LogP contribution < -0.4 is 16.0 Å². The van der Waals surface area contributed by atoms with Gasteiger partial charge in [0.15, 0.2) is 0 Å². The first-order valence-corrected chi connectivity index (χ1v) is 8.97. The van der Waals surface area contributed by atoms with Crippen molar-refractivity contribution in [3.05, 3.63) is 47.8 Å². The van der Waals surface area contributed by atoms with Gasteiger partial charge in [0.1, 0.15) is 5.69 Å². The van der Waals surface area contributed by atoms with Crippen molar-refractivity contribution in [1.29, 1.82) is 0 Å². The van der Waals surface area contributed by atoms with E-state index in [9.17, 15) is 9.59 Å². The second-order valence-electron chi connectivity index (χ2n) is 6.68. The highest BCUT2D eigenvalue weighted by molar-refractivity contribution is 5.92. The zero-order valence-electron chi connectivity index (χ0n) is 15.2. The molecule has 3 N–H and O–H groups in total. The number of hydrogen-bond acceptors (Lipinski definition) is 4. The van der Waals surface area contributed by atoms with Gasteiger partial charge in [0.2, 0.25) is 5.91 Å². The number of hydrogen-bond donors (Lipinski definition) is 3. The third kappa shape index (κ3) is 4.49. The Labute approximate surface area is 153 Å². The maximum absolute atomic E-state index is 12.5. The Balaban J connectivity index is 1.64. The SMILES string of the molecule is CC(=O)Nc1cccc(C(C)NC(=O)c2ccn(C3CCCNC3)n2)c1. The second kappa shape index (κ2) is 8.14. The van der Waals surface area contributed by atoms with Gasteiger partial charge in [-0.15, -0.1) is 0 Å². The fraction of sp³-hybridized carbons (Fsp3) is 0.421. The number of nitrogens with zero attached hydrogens (tertiary/aromatic N) is 2. The first-order chi connectivity index (χ1) is 12.5. The quantitative estimate of drug-likeness (QED) is 0.768. The Morgan fingerprint density at radius 2 is 2.19 bits per heavy atom. The van der Waals surface area contributed by atoms with Gasteiger partial charge in [0.25, 0.3) is 5.91 Å². The van der Waals surface area contributed by atoms with Gasteiger partial charge in [-0.3, -0.25) is 14.3 Å². The maximum atomic E-state index is 12.5. The zero-order valence-corrected chi connectivity index (χ0v) is 15.2. The van der Waals surface area contributed by atoms with Crippen molar-refractivity contribution in [2.24, 2.45) is 0 Å². The van der Waals surface area contributed by atoms with Crippen LogP contribution in [-0.4, -0.2) is 34.7 Å². The van der Waals surface area contributed by atoms with Crippen molar-refractivity contribution < 1.29 is 9.59 Å². The van der Waals surface area contributed by atoms with Crippen LogP contribution >= 0.6 is 0 Å². The number of piperidine rings is 1. The van der Waals surface area contributed by atoms with Gasteiger partial charge < -0.3 is 16.0 Å². The number of benzene rings is 1. The van der Waals surface area contributed by atoms with Crippen molar-refractivity contribution >= 4 is 17.5 Å². The molecule has 2 aromatic rings. The molecule has 2 atom stereocenters. The van der Waals surface area contributed by atoms with E-state index in [2.05, 4.69) is 21.0 Å². The topological polar surface area (TPSA) is 88.0 Å². The van der Waals surface area contributed by atoms with E-state index >= 15 is 0 Å². The molecule has 3 rings (SSSR count). The van der Waals surface area contributed by atoms with Gasteiger partial charge in [-0.1, -0.05) is 12.1 Å². The van der Waals surface area contributed by atoms with Gasteiger partial charge in [-0.2, -0.15) is 5.10 Å². The lowest BCUT2D eigenvalue weighted by Crippen LogP contribution is -2.32. The molecule has 1 aromatic carbocycles. The van der Waals surface area contributed by atoms with Gasteiger partial charge in [0.05, 0.1) is 12.1 Å². The highest BCUT2D eigenvalue weighted by atomic mass is 16.2. The molecule has 26 heavy (non-hydrogen) atoms. The van der Waals surface area contributed by atoms with Crippen LogP contribution in [0.1, 0.15) is 54.8 Å². The lowest BCUT2D eigenvalue weighted by Gasteiger charge is -2.22. The van der Waals surface area contributed by atoms with Gasteiger partial charge in [-0.05, 0) is 50.1 Å². The number of nitrogens with one attached hydrogen (secondary N) is 3. The van der Waals surface area contributed by atoms with Crippen molar-refractivity contribution in [2.75, 3.05) is 18.4 Å². The minimum Gasteiger partial charge on any atom is -0.344 e. The third-order valence-electron chi connectivity index (χ3n) is 4.54.